The zero-order valence-electron chi connectivity index (χ0n) is 13.6. The Labute approximate surface area is 146 Å². The molecule has 25 heavy (non-hydrogen) atoms. The number of hydrogen-bond donors (Lipinski definition) is 1. The molecule has 1 amide bonds. The largest absolute Gasteiger partial charge is 0.494 e. The van der Waals surface area contributed by atoms with E-state index in [1.807, 2.05) is 6.92 Å². The molecule has 0 unspecified atom stereocenters. The van der Waals surface area contributed by atoms with Gasteiger partial charge in [-0.3, -0.25) is 18.7 Å². The van der Waals surface area contributed by atoms with Crippen LogP contribution >= 0.6 is 11.3 Å². The summed E-state index contributed by atoms with van der Waals surface area (Å²) in [5.74, 6) is 0.0827. The maximum absolute atomic E-state index is 12.7. The van der Waals surface area contributed by atoms with E-state index < -0.39 is 11.6 Å². The summed E-state index contributed by atoms with van der Waals surface area (Å²) in [7, 11) is 0. The Balaban J connectivity index is 2.07. The highest BCUT2D eigenvalue weighted by Gasteiger charge is 2.15. The summed E-state index contributed by atoms with van der Waals surface area (Å²) in [5, 5.41) is 1.71. The second kappa shape index (κ2) is 6.94. The minimum absolute atomic E-state index is 0.108. The first-order valence-corrected chi connectivity index (χ1v) is 8.60. The lowest BCUT2D eigenvalue weighted by atomic mass is 10.2. The number of nitrogens with zero attached hydrogens (tertiary/aromatic N) is 2. The molecule has 8 heteroatoms. The Bertz CT molecular complexity index is 1030. The Morgan fingerprint density at radius 2 is 1.88 bits per heavy atom. The molecule has 0 aliphatic carbocycles. The van der Waals surface area contributed by atoms with Crippen LogP contribution < -0.4 is 21.7 Å². The highest BCUT2D eigenvalue weighted by atomic mass is 32.1. The fraction of sp³-hybridized carbons (Fsp3) is 0.235. The number of ether oxygens (including phenoxy) is 1. The molecule has 2 aromatic heterocycles. The molecule has 0 aliphatic heterocycles. The highest BCUT2D eigenvalue weighted by molar-refractivity contribution is 7.17. The van der Waals surface area contributed by atoms with Crippen molar-refractivity contribution in [3.05, 3.63) is 62.1 Å². The summed E-state index contributed by atoms with van der Waals surface area (Å²) in [6.45, 7) is 2.29. The molecule has 2 heterocycles. The van der Waals surface area contributed by atoms with Gasteiger partial charge in [-0.25, -0.2) is 4.79 Å². The Morgan fingerprint density at radius 3 is 2.52 bits per heavy atom. The third-order valence-corrected chi connectivity index (χ3v) is 4.62. The third kappa shape index (κ3) is 3.34. The lowest BCUT2D eigenvalue weighted by Gasteiger charge is -2.11. The number of hydrogen-bond acceptors (Lipinski definition) is 5. The number of rotatable bonds is 6. The van der Waals surface area contributed by atoms with Crippen LogP contribution in [0, 0.1) is 0 Å². The summed E-state index contributed by atoms with van der Waals surface area (Å²) < 4.78 is 8.17. The summed E-state index contributed by atoms with van der Waals surface area (Å²) in [6.07, 6.45) is 0. The normalized spacial score (nSPS) is 10.9. The van der Waals surface area contributed by atoms with Crippen molar-refractivity contribution >= 4 is 27.5 Å². The van der Waals surface area contributed by atoms with Crippen LogP contribution in [0.15, 0.2) is 45.3 Å². The fourth-order valence-corrected chi connectivity index (χ4v) is 3.46. The summed E-state index contributed by atoms with van der Waals surface area (Å²) >= 11 is 1.23. The predicted molar refractivity (Wildman–Crippen MR) is 96.3 cm³/mol. The quantitative estimate of drug-likeness (QED) is 0.714. The number of benzene rings is 1. The lowest BCUT2D eigenvalue weighted by molar-refractivity contribution is -0.118. The van der Waals surface area contributed by atoms with E-state index in [9.17, 15) is 14.4 Å². The highest BCUT2D eigenvalue weighted by Crippen LogP contribution is 2.16. The van der Waals surface area contributed by atoms with E-state index in [2.05, 4.69) is 0 Å². The predicted octanol–water partition coefficient (Wildman–Crippen LogP) is 1.16. The summed E-state index contributed by atoms with van der Waals surface area (Å²) in [5.41, 5.74) is 5.53. The molecule has 0 saturated heterocycles. The van der Waals surface area contributed by atoms with Crippen molar-refractivity contribution in [2.45, 2.75) is 20.0 Å². The molecule has 0 saturated carbocycles. The molecule has 0 fully saturated rings. The lowest BCUT2D eigenvalue weighted by Crippen LogP contribution is -2.41. The van der Waals surface area contributed by atoms with E-state index in [-0.39, 0.29) is 18.6 Å². The van der Waals surface area contributed by atoms with Crippen molar-refractivity contribution in [3.63, 3.8) is 0 Å². The van der Waals surface area contributed by atoms with Gasteiger partial charge in [-0.2, -0.15) is 0 Å². The van der Waals surface area contributed by atoms with Crippen LogP contribution in [0.4, 0.5) is 0 Å². The van der Waals surface area contributed by atoms with E-state index in [0.29, 0.717) is 16.8 Å². The number of carbonyl (C=O) groups is 1. The van der Waals surface area contributed by atoms with Crippen LogP contribution in [0.3, 0.4) is 0 Å². The van der Waals surface area contributed by atoms with Crippen LogP contribution in [-0.4, -0.2) is 21.6 Å². The average Bonchev–Trinajstić information content (AvgIpc) is 3.07. The first-order valence-electron chi connectivity index (χ1n) is 7.72. The molecule has 0 bridgehead atoms. The summed E-state index contributed by atoms with van der Waals surface area (Å²) in [4.78, 5) is 36.7. The van der Waals surface area contributed by atoms with Gasteiger partial charge in [-0.15, -0.1) is 11.3 Å². The molecule has 0 radical (unpaired) electrons. The fourth-order valence-electron chi connectivity index (χ4n) is 2.62. The van der Waals surface area contributed by atoms with Gasteiger partial charge in [0.05, 0.1) is 18.7 Å². The number of nitrogens with two attached hydrogens (primary N) is 1. The number of primary amides is 1. The van der Waals surface area contributed by atoms with Gasteiger partial charge < -0.3 is 10.5 Å². The molecular formula is C17H17N3O4S. The molecule has 3 aromatic rings. The van der Waals surface area contributed by atoms with E-state index in [0.717, 1.165) is 15.9 Å². The number of carbonyl (C=O) groups excluding carboxylic acids is 1. The van der Waals surface area contributed by atoms with Crippen molar-refractivity contribution in [3.8, 4) is 5.75 Å². The maximum Gasteiger partial charge on any atom is 0.332 e. The van der Waals surface area contributed by atoms with Crippen molar-refractivity contribution in [1.29, 1.82) is 0 Å². The average molecular weight is 359 g/mol. The number of thiophene rings is 1. The van der Waals surface area contributed by atoms with Crippen LogP contribution in [0.2, 0.25) is 0 Å². The smallest absolute Gasteiger partial charge is 0.332 e. The molecule has 0 spiro atoms. The van der Waals surface area contributed by atoms with Gasteiger partial charge in [0.25, 0.3) is 5.56 Å². The Kier molecular flexibility index (Phi) is 4.71. The molecule has 3 rings (SSSR count). The minimum Gasteiger partial charge on any atom is -0.494 e. The van der Waals surface area contributed by atoms with Crippen LogP contribution in [-0.2, 0) is 17.9 Å². The number of fused-ring (bicyclic) bond motifs is 1. The van der Waals surface area contributed by atoms with Gasteiger partial charge in [0.2, 0.25) is 5.91 Å². The van der Waals surface area contributed by atoms with E-state index in [1.165, 1.54) is 15.9 Å². The molecule has 7 nitrogen and oxygen atoms in total. The van der Waals surface area contributed by atoms with Crippen molar-refractivity contribution in [2.24, 2.45) is 5.73 Å². The second-order valence-electron chi connectivity index (χ2n) is 5.44. The van der Waals surface area contributed by atoms with Gasteiger partial charge in [0.15, 0.2) is 0 Å². The molecular weight excluding hydrogens is 342 g/mol. The first kappa shape index (κ1) is 17.0. The van der Waals surface area contributed by atoms with Crippen LogP contribution in [0.25, 0.3) is 10.2 Å². The van der Waals surface area contributed by atoms with Gasteiger partial charge >= 0.3 is 5.69 Å². The topological polar surface area (TPSA) is 96.3 Å². The third-order valence-electron chi connectivity index (χ3n) is 3.73. The van der Waals surface area contributed by atoms with E-state index in [1.54, 1.807) is 35.7 Å². The maximum atomic E-state index is 12.7. The molecule has 0 aliphatic rings. The van der Waals surface area contributed by atoms with E-state index in [4.69, 9.17) is 10.5 Å². The molecule has 1 aromatic carbocycles. The summed E-state index contributed by atoms with van der Waals surface area (Å²) in [6, 6.07) is 8.82. The van der Waals surface area contributed by atoms with E-state index >= 15 is 0 Å². The van der Waals surface area contributed by atoms with Crippen LogP contribution in [0.1, 0.15) is 12.5 Å². The first-order chi connectivity index (χ1) is 12.0. The Hall–Kier alpha value is -2.87. The Morgan fingerprint density at radius 1 is 1.16 bits per heavy atom. The van der Waals surface area contributed by atoms with Gasteiger partial charge in [-0.1, -0.05) is 12.1 Å². The zero-order chi connectivity index (χ0) is 18.0. The molecule has 2 N–H and O–H groups in total. The van der Waals surface area contributed by atoms with Crippen molar-refractivity contribution in [2.75, 3.05) is 6.61 Å². The van der Waals surface area contributed by atoms with Crippen molar-refractivity contribution in [1.82, 2.24) is 9.13 Å². The van der Waals surface area contributed by atoms with Gasteiger partial charge in [-0.05, 0) is 36.1 Å². The number of amides is 1. The van der Waals surface area contributed by atoms with Gasteiger partial charge in [0, 0.05) is 0 Å². The van der Waals surface area contributed by atoms with Gasteiger partial charge in [0.1, 0.15) is 17.0 Å². The zero-order valence-corrected chi connectivity index (χ0v) is 14.4. The standard InChI is InChI=1S/C17H17N3O4S/c1-2-24-12-5-3-11(4-6-12)9-20-16(22)15-13(7-8-25-15)19(17(20)23)10-14(18)21/h3-8H,2,9-10H2,1H3,(H2,18,21). The SMILES string of the molecule is CCOc1ccc(Cn2c(=O)c3sccc3n(CC(N)=O)c2=O)cc1. The second-order valence-corrected chi connectivity index (χ2v) is 6.35. The number of aromatic nitrogens is 2. The molecule has 0 atom stereocenters. The monoisotopic (exact) mass is 359 g/mol. The minimum atomic E-state index is -0.638. The van der Waals surface area contributed by atoms with Crippen LogP contribution in [0.5, 0.6) is 5.75 Å². The van der Waals surface area contributed by atoms with Crippen molar-refractivity contribution < 1.29 is 9.53 Å². The molecule has 130 valence electrons.